The maximum atomic E-state index is 11.8. The Morgan fingerprint density at radius 1 is 1.35 bits per heavy atom. The van der Waals surface area contributed by atoms with Gasteiger partial charge in [0.2, 0.25) is 0 Å². The Bertz CT molecular complexity index is 654. The van der Waals surface area contributed by atoms with Crippen molar-refractivity contribution in [1.29, 1.82) is 0 Å². The van der Waals surface area contributed by atoms with Crippen LogP contribution in [-0.4, -0.2) is 17.0 Å². The Morgan fingerprint density at radius 2 is 2.15 bits per heavy atom. The largest absolute Gasteiger partial charge is 0.478 e. The molecule has 0 spiro atoms. The van der Waals surface area contributed by atoms with Gasteiger partial charge in [0.05, 0.1) is 6.54 Å². The molecule has 2 N–H and O–H groups in total. The van der Waals surface area contributed by atoms with Gasteiger partial charge in [0.1, 0.15) is 5.76 Å². The molecule has 0 radical (unpaired) electrons. The molecule has 6 heteroatoms. The lowest BCUT2D eigenvalue weighted by Gasteiger charge is -2.00. The molecule has 104 valence electrons. The smallest absolute Gasteiger partial charge is 0.328 e. The van der Waals surface area contributed by atoms with E-state index in [0.717, 1.165) is 15.8 Å². The standard InChI is InChI=1S/C14H13NO4S/c1-9-2-6-12(19-9)14(18)15-8-11-4-3-10(20-11)5-7-13(16)17/h2-7H,8H2,1H3,(H,15,18)(H,16,17). The minimum atomic E-state index is -0.985. The van der Waals surface area contributed by atoms with E-state index in [2.05, 4.69) is 5.32 Å². The van der Waals surface area contributed by atoms with Crippen molar-refractivity contribution in [2.24, 2.45) is 0 Å². The number of carbonyl (C=O) groups excluding carboxylic acids is 1. The van der Waals surface area contributed by atoms with Gasteiger partial charge in [0.15, 0.2) is 5.76 Å². The number of nitrogens with one attached hydrogen (secondary N) is 1. The summed E-state index contributed by atoms with van der Waals surface area (Å²) in [7, 11) is 0. The summed E-state index contributed by atoms with van der Waals surface area (Å²) in [6.07, 6.45) is 2.61. The van der Waals surface area contributed by atoms with E-state index < -0.39 is 5.97 Å². The molecular formula is C14H13NO4S. The van der Waals surface area contributed by atoms with Gasteiger partial charge in [-0.3, -0.25) is 4.79 Å². The Hall–Kier alpha value is -2.34. The zero-order valence-corrected chi connectivity index (χ0v) is 11.6. The summed E-state index contributed by atoms with van der Waals surface area (Å²) in [5, 5.41) is 11.3. The Morgan fingerprint density at radius 3 is 2.80 bits per heavy atom. The lowest BCUT2D eigenvalue weighted by molar-refractivity contribution is -0.131. The van der Waals surface area contributed by atoms with Crippen LogP contribution in [-0.2, 0) is 11.3 Å². The molecule has 0 aliphatic carbocycles. The summed E-state index contributed by atoms with van der Waals surface area (Å²) >= 11 is 1.42. The van der Waals surface area contributed by atoms with Gasteiger partial charge in [0, 0.05) is 15.8 Å². The maximum absolute atomic E-state index is 11.8. The molecule has 0 saturated carbocycles. The number of carboxylic acids is 1. The zero-order valence-electron chi connectivity index (χ0n) is 10.8. The summed E-state index contributed by atoms with van der Waals surface area (Å²) in [6, 6.07) is 7.01. The molecule has 0 aromatic carbocycles. The normalized spacial score (nSPS) is 10.8. The molecule has 0 unspecified atom stereocenters. The molecule has 5 nitrogen and oxygen atoms in total. The third-order valence-electron chi connectivity index (χ3n) is 2.46. The molecule has 2 aromatic rings. The predicted octanol–water partition coefficient (Wildman–Crippen LogP) is 2.68. The van der Waals surface area contributed by atoms with Crippen LogP contribution in [0.4, 0.5) is 0 Å². The Labute approximate surface area is 119 Å². The first-order valence-corrected chi connectivity index (χ1v) is 6.70. The quantitative estimate of drug-likeness (QED) is 0.830. The first-order valence-electron chi connectivity index (χ1n) is 5.89. The fourth-order valence-electron chi connectivity index (χ4n) is 1.54. The fourth-order valence-corrected chi connectivity index (χ4v) is 2.40. The maximum Gasteiger partial charge on any atom is 0.328 e. The molecule has 0 aliphatic heterocycles. The molecule has 0 saturated heterocycles. The summed E-state index contributed by atoms with van der Waals surface area (Å²) in [5.41, 5.74) is 0. The highest BCUT2D eigenvalue weighted by atomic mass is 32.1. The van der Waals surface area contributed by atoms with E-state index in [1.807, 2.05) is 12.1 Å². The molecule has 0 bridgehead atoms. The number of hydrogen-bond acceptors (Lipinski definition) is 4. The first kappa shape index (κ1) is 14.1. The molecular weight excluding hydrogens is 278 g/mol. The second-order valence-corrected chi connectivity index (χ2v) is 5.27. The second-order valence-electron chi connectivity index (χ2n) is 4.07. The predicted molar refractivity (Wildman–Crippen MR) is 75.6 cm³/mol. The Balaban J connectivity index is 1.91. The summed E-state index contributed by atoms with van der Waals surface area (Å²) in [4.78, 5) is 23.9. The van der Waals surface area contributed by atoms with Crippen LogP contribution < -0.4 is 5.32 Å². The van der Waals surface area contributed by atoms with Gasteiger partial charge in [-0.25, -0.2) is 4.79 Å². The van der Waals surface area contributed by atoms with E-state index in [0.29, 0.717) is 12.3 Å². The third-order valence-corrected chi connectivity index (χ3v) is 3.51. The van der Waals surface area contributed by atoms with Crippen molar-refractivity contribution in [2.45, 2.75) is 13.5 Å². The van der Waals surface area contributed by atoms with Crippen LogP contribution in [0.15, 0.2) is 34.8 Å². The average molecular weight is 291 g/mol. The van der Waals surface area contributed by atoms with Crippen molar-refractivity contribution >= 4 is 29.3 Å². The van der Waals surface area contributed by atoms with Crippen molar-refractivity contribution < 1.29 is 19.1 Å². The van der Waals surface area contributed by atoms with E-state index in [1.54, 1.807) is 19.1 Å². The molecule has 0 atom stereocenters. The lowest BCUT2D eigenvalue weighted by atomic mass is 10.3. The van der Waals surface area contributed by atoms with Crippen LogP contribution in [0.5, 0.6) is 0 Å². The summed E-state index contributed by atoms with van der Waals surface area (Å²) < 4.78 is 5.22. The van der Waals surface area contributed by atoms with Crippen molar-refractivity contribution in [3.8, 4) is 0 Å². The number of carboxylic acid groups (broad SMARTS) is 1. The lowest BCUT2D eigenvalue weighted by Crippen LogP contribution is -2.21. The van der Waals surface area contributed by atoms with E-state index in [4.69, 9.17) is 9.52 Å². The highest BCUT2D eigenvalue weighted by Gasteiger charge is 2.09. The van der Waals surface area contributed by atoms with Crippen LogP contribution in [0.25, 0.3) is 6.08 Å². The van der Waals surface area contributed by atoms with E-state index in [9.17, 15) is 9.59 Å². The number of aryl methyl sites for hydroxylation is 1. The van der Waals surface area contributed by atoms with Gasteiger partial charge in [0.25, 0.3) is 5.91 Å². The third kappa shape index (κ3) is 3.83. The average Bonchev–Trinajstić information content (AvgIpc) is 3.02. The summed E-state index contributed by atoms with van der Waals surface area (Å²) in [6.45, 7) is 2.15. The number of aliphatic carboxylic acids is 1. The number of amides is 1. The molecule has 0 aliphatic rings. The van der Waals surface area contributed by atoms with Crippen LogP contribution in [0.3, 0.4) is 0 Å². The second kappa shape index (κ2) is 6.21. The highest BCUT2D eigenvalue weighted by molar-refractivity contribution is 7.12. The van der Waals surface area contributed by atoms with Crippen LogP contribution in [0.1, 0.15) is 26.1 Å². The van der Waals surface area contributed by atoms with Gasteiger partial charge in [-0.2, -0.15) is 0 Å². The first-order chi connectivity index (χ1) is 9.54. The zero-order chi connectivity index (χ0) is 14.5. The highest BCUT2D eigenvalue weighted by Crippen LogP contribution is 2.18. The number of carbonyl (C=O) groups is 2. The topological polar surface area (TPSA) is 79.5 Å². The van der Waals surface area contributed by atoms with Gasteiger partial charge in [-0.15, -0.1) is 11.3 Å². The van der Waals surface area contributed by atoms with E-state index in [1.165, 1.54) is 17.4 Å². The van der Waals surface area contributed by atoms with E-state index in [-0.39, 0.29) is 11.7 Å². The molecule has 2 heterocycles. The van der Waals surface area contributed by atoms with Gasteiger partial charge < -0.3 is 14.8 Å². The van der Waals surface area contributed by atoms with Crippen molar-refractivity contribution in [2.75, 3.05) is 0 Å². The van der Waals surface area contributed by atoms with Crippen molar-refractivity contribution in [3.63, 3.8) is 0 Å². The number of furan rings is 1. The van der Waals surface area contributed by atoms with Gasteiger partial charge in [-0.05, 0) is 37.3 Å². The van der Waals surface area contributed by atoms with Crippen LogP contribution >= 0.6 is 11.3 Å². The minimum Gasteiger partial charge on any atom is -0.478 e. The van der Waals surface area contributed by atoms with Crippen molar-refractivity contribution in [1.82, 2.24) is 5.32 Å². The number of thiophene rings is 1. The molecule has 2 rings (SSSR count). The summed E-state index contributed by atoms with van der Waals surface area (Å²) in [5.74, 6) is -0.284. The fraction of sp³-hybridized carbons (Fsp3) is 0.143. The van der Waals surface area contributed by atoms with Gasteiger partial charge >= 0.3 is 5.97 Å². The molecule has 0 fully saturated rings. The van der Waals surface area contributed by atoms with E-state index >= 15 is 0 Å². The van der Waals surface area contributed by atoms with Crippen molar-refractivity contribution in [3.05, 3.63) is 51.6 Å². The number of hydrogen-bond donors (Lipinski definition) is 2. The Kier molecular flexibility index (Phi) is 4.37. The minimum absolute atomic E-state index is 0.269. The van der Waals surface area contributed by atoms with Crippen LogP contribution in [0, 0.1) is 6.92 Å². The molecule has 20 heavy (non-hydrogen) atoms. The van der Waals surface area contributed by atoms with Gasteiger partial charge in [-0.1, -0.05) is 0 Å². The monoisotopic (exact) mass is 291 g/mol. The molecule has 1 amide bonds. The molecule has 2 aromatic heterocycles. The SMILES string of the molecule is Cc1ccc(C(=O)NCc2ccc(C=CC(=O)O)s2)o1. The van der Waals surface area contributed by atoms with Crippen LogP contribution in [0.2, 0.25) is 0 Å². The number of rotatable bonds is 5.